The number of aliphatic hydroxyl groups excluding tert-OH is 8. The van der Waals surface area contributed by atoms with E-state index in [0.717, 1.165) is 19.3 Å². The summed E-state index contributed by atoms with van der Waals surface area (Å²) < 4.78 is 25.1. The summed E-state index contributed by atoms with van der Waals surface area (Å²) >= 11 is 0. The average Bonchev–Trinajstić information content (AvgIpc) is 3.49. The molecular formula is C42H72O13. The molecule has 21 atom stereocenters. The van der Waals surface area contributed by atoms with Crippen molar-refractivity contribution >= 4 is 0 Å². The third-order valence-corrected chi connectivity index (χ3v) is 16.5. The fraction of sp³-hybridized carbons (Fsp3) is 0.952. The van der Waals surface area contributed by atoms with Crippen LogP contribution in [-0.2, 0) is 18.9 Å². The number of ether oxygens (including phenoxy) is 4. The van der Waals surface area contributed by atoms with Crippen LogP contribution in [0.25, 0.3) is 0 Å². The van der Waals surface area contributed by atoms with Crippen LogP contribution in [0.15, 0.2) is 11.6 Å². The van der Waals surface area contributed by atoms with E-state index in [0.29, 0.717) is 32.1 Å². The third kappa shape index (κ3) is 7.10. The van der Waals surface area contributed by atoms with Crippen LogP contribution in [0.4, 0.5) is 0 Å². The number of hydrogen-bond acceptors (Lipinski definition) is 13. The van der Waals surface area contributed by atoms with Crippen molar-refractivity contribution in [2.75, 3.05) is 6.61 Å². The Hall–Kier alpha value is -0.780. The standard InChI is InChI=1S/C42H72O13/c1-20(2)11-10-14-42(9,51)22-12-16-40(7)28(22)23(44)17-26-39(6)15-13-27(45)38(4,5)35(39)24(18-41(26,40)8)53-37-34(32(49)30(47)25(19-43)54-37)55-36-33(50)31(48)29(46)21(3)52-36/h11,21-37,43-51H,10,12-19H2,1-9H3/t21?,22?,23?,24?,25?,26?,27?,28?,29?,30?,31?,32?,33?,34?,35?,36?,37?,39-,40-,41-,42+/m1/s1. The van der Waals surface area contributed by atoms with Gasteiger partial charge in [0.05, 0.1) is 36.6 Å². The molecule has 0 spiro atoms. The molecule has 13 heteroatoms. The quantitative estimate of drug-likeness (QED) is 0.121. The largest absolute Gasteiger partial charge is 0.394 e. The predicted molar refractivity (Wildman–Crippen MR) is 201 cm³/mol. The molecule has 0 amide bonds. The summed E-state index contributed by atoms with van der Waals surface area (Å²) in [4.78, 5) is 0. The molecule has 0 bridgehead atoms. The smallest absolute Gasteiger partial charge is 0.187 e. The van der Waals surface area contributed by atoms with Crippen molar-refractivity contribution in [3.8, 4) is 0 Å². The lowest BCUT2D eigenvalue weighted by Gasteiger charge is -2.72. The van der Waals surface area contributed by atoms with Gasteiger partial charge in [0.2, 0.25) is 0 Å². The molecular weight excluding hydrogens is 712 g/mol. The van der Waals surface area contributed by atoms with E-state index in [2.05, 4.69) is 40.7 Å². The zero-order valence-electron chi connectivity index (χ0n) is 34.4. The second-order valence-corrected chi connectivity index (χ2v) is 20.3. The number of hydrogen-bond donors (Lipinski definition) is 9. The van der Waals surface area contributed by atoms with E-state index in [1.807, 2.05) is 20.8 Å². The SMILES string of the molecule is CC(C)=CCC[C@](C)(O)C1CC[C@]2(C)C1C(O)CC1[C@@]3(C)CCC(O)C(C)(C)C3C(OC3OC(CO)C(O)C(O)C3OC3OC(C)C(O)C(O)C3O)C[C@]12C. The maximum Gasteiger partial charge on any atom is 0.187 e. The minimum Gasteiger partial charge on any atom is -0.394 e. The van der Waals surface area contributed by atoms with Gasteiger partial charge in [0.25, 0.3) is 0 Å². The van der Waals surface area contributed by atoms with Crippen LogP contribution in [-0.4, -0.2) is 138 Å². The van der Waals surface area contributed by atoms with E-state index < -0.39 is 114 Å². The Morgan fingerprint density at radius 1 is 0.818 bits per heavy atom. The molecule has 0 aromatic carbocycles. The molecule has 2 heterocycles. The molecule has 0 aromatic rings. The molecule has 6 fully saturated rings. The number of allylic oxidation sites excluding steroid dienone is 2. The van der Waals surface area contributed by atoms with Gasteiger partial charge in [-0.25, -0.2) is 0 Å². The maximum atomic E-state index is 12.3. The van der Waals surface area contributed by atoms with Crippen LogP contribution in [0.2, 0.25) is 0 Å². The summed E-state index contributed by atoms with van der Waals surface area (Å²) in [5, 5.41) is 100. The Labute approximate surface area is 327 Å². The second kappa shape index (κ2) is 15.4. The van der Waals surface area contributed by atoms with E-state index >= 15 is 0 Å². The molecule has 2 saturated heterocycles. The summed E-state index contributed by atoms with van der Waals surface area (Å²) in [6.07, 6.45) is -8.99. The molecule has 13 nitrogen and oxygen atoms in total. The Morgan fingerprint density at radius 2 is 1.49 bits per heavy atom. The van der Waals surface area contributed by atoms with Gasteiger partial charge in [0.1, 0.15) is 42.7 Å². The molecule has 4 aliphatic carbocycles. The normalized spacial score (nSPS) is 53.4. The van der Waals surface area contributed by atoms with Crippen LogP contribution in [0.3, 0.4) is 0 Å². The number of rotatable bonds is 9. The van der Waals surface area contributed by atoms with Gasteiger partial charge in [-0.15, -0.1) is 0 Å². The predicted octanol–water partition coefficient (Wildman–Crippen LogP) is 2.15. The summed E-state index contributed by atoms with van der Waals surface area (Å²) in [5.41, 5.74) is -1.71. The minimum atomic E-state index is -1.70. The number of aliphatic hydroxyl groups is 9. The van der Waals surface area contributed by atoms with Crippen molar-refractivity contribution in [1.82, 2.24) is 0 Å². The van der Waals surface area contributed by atoms with E-state index in [-0.39, 0.29) is 23.7 Å². The number of fused-ring (bicyclic) bond motifs is 5. The van der Waals surface area contributed by atoms with Crippen molar-refractivity contribution in [2.24, 2.45) is 45.3 Å². The summed E-state index contributed by atoms with van der Waals surface area (Å²) in [6.45, 7) is 17.8. The first-order valence-corrected chi connectivity index (χ1v) is 20.8. The molecule has 6 aliphatic rings. The van der Waals surface area contributed by atoms with Crippen molar-refractivity contribution in [3.63, 3.8) is 0 Å². The van der Waals surface area contributed by atoms with Gasteiger partial charge in [-0.05, 0) is 124 Å². The van der Waals surface area contributed by atoms with E-state index in [1.165, 1.54) is 12.5 Å². The molecule has 0 aromatic heterocycles. The first-order chi connectivity index (χ1) is 25.5. The Morgan fingerprint density at radius 3 is 2.13 bits per heavy atom. The lowest BCUT2D eigenvalue weighted by molar-refractivity contribution is -0.382. The summed E-state index contributed by atoms with van der Waals surface area (Å²) in [7, 11) is 0. The van der Waals surface area contributed by atoms with E-state index in [9.17, 15) is 46.0 Å². The lowest BCUT2D eigenvalue weighted by Crippen LogP contribution is -2.71. The lowest BCUT2D eigenvalue weighted by atomic mass is 9.34. The van der Waals surface area contributed by atoms with Crippen molar-refractivity contribution in [1.29, 1.82) is 0 Å². The molecule has 6 rings (SSSR count). The van der Waals surface area contributed by atoms with Crippen molar-refractivity contribution in [3.05, 3.63) is 11.6 Å². The van der Waals surface area contributed by atoms with Crippen LogP contribution < -0.4 is 0 Å². The fourth-order valence-electron chi connectivity index (χ4n) is 13.3. The van der Waals surface area contributed by atoms with Crippen molar-refractivity contribution in [2.45, 2.75) is 199 Å². The molecule has 2 aliphatic heterocycles. The second-order valence-electron chi connectivity index (χ2n) is 20.3. The zero-order valence-corrected chi connectivity index (χ0v) is 34.4. The molecule has 318 valence electrons. The van der Waals surface area contributed by atoms with E-state index in [1.54, 1.807) is 0 Å². The molecule has 55 heavy (non-hydrogen) atoms. The first kappa shape index (κ1) is 43.8. The van der Waals surface area contributed by atoms with Gasteiger partial charge in [0.15, 0.2) is 12.6 Å². The van der Waals surface area contributed by atoms with Gasteiger partial charge >= 0.3 is 0 Å². The Balaban J connectivity index is 1.38. The molecule has 17 unspecified atom stereocenters. The topological polar surface area (TPSA) is 219 Å². The molecule has 0 radical (unpaired) electrons. The highest BCUT2D eigenvalue weighted by molar-refractivity contribution is 5.22. The molecule has 9 N–H and O–H groups in total. The van der Waals surface area contributed by atoms with Crippen LogP contribution >= 0.6 is 0 Å². The first-order valence-electron chi connectivity index (χ1n) is 20.8. The highest BCUT2D eigenvalue weighted by Crippen LogP contribution is 2.76. The third-order valence-electron chi connectivity index (χ3n) is 16.5. The average molecular weight is 785 g/mol. The highest BCUT2D eigenvalue weighted by atomic mass is 16.8. The highest BCUT2D eigenvalue weighted by Gasteiger charge is 2.73. The monoisotopic (exact) mass is 784 g/mol. The van der Waals surface area contributed by atoms with Gasteiger partial charge in [0, 0.05) is 0 Å². The maximum absolute atomic E-state index is 12.3. The van der Waals surface area contributed by atoms with Gasteiger partial charge < -0.3 is 64.9 Å². The van der Waals surface area contributed by atoms with Crippen LogP contribution in [0.5, 0.6) is 0 Å². The zero-order chi connectivity index (χ0) is 40.8. The van der Waals surface area contributed by atoms with Gasteiger partial charge in [-0.1, -0.05) is 46.3 Å². The Bertz CT molecular complexity index is 1390. The summed E-state index contributed by atoms with van der Waals surface area (Å²) in [5.74, 6) is -0.526. The summed E-state index contributed by atoms with van der Waals surface area (Å²) in [6, 6.07) is 0. The van der Waals surface area contributed by atoms with Crippen LogP contribution in [0.1, 0.15) is 114 Å². The minimum absolute atomic E-state index is 0.0411. The Kier molecular flexibility index (Phi) is 12.2. The van der Waals surface area contributed by atoms with Gasteiger partial charge in [-0.2, -0.15) is 0 Å². The van der Waals surface area contributed by atoms with Crippen molar-refractivity contribution < 1.29 is 64.9 Å². The molecule has 4 saturated carbocycles. The van der Waals surface area contributed by atoms with Crippen LogP contribution in [0, 0.1) is 45.3 Å². The fourth-order valence-corrected chi connectivity index (χ4v) is 13.3. The van der Waals surface area contributed by atoms with E-state index in [4.69, 9.17) is 18.9 Å². The van der Waals surface area contributed by atoms with Gasteiger partial charge in [-0.3, -0.25) is 0 Å².